The molecule has 4 N–H and O–H groups in total. The lowest BCUT2D eigenvalue weighted by Crippen LogP contribution is -2.54. The number of amides is 4. The Hall–Kier alpha value is -2.65. The molecule has 0 aromatic rings. The van der Waals surface area contributed by atoms with E-state index in [1.54, 1.807) is 0 Å². The molecule has 0 aliphatic carbocycles. The topological polar surface area (TPSA) is 145 Å². The second-order valence-corrected chi connectivity index (χ2v) is 6.47. The molecule has 0 radical (unpaired) electrons. The minimum Gasteiger partial charge on any atom is -0.480 e. The number of carboxylic acids is 1. The predicted molar refractivity (Wildman–Crippen MR) is 92.9 cm³/mol. The monoisotopic (exact) mass is 372 g/mol. The van der Waals surface area contributed by atoms with Crippen molar-refractivity contribution in [3.63, 3.8) is 0 Å². The van der Waals surface area contributed by atoms with Crippen LogP contribution in [0.2, 0.25) is 0 Å². The lowest BCUT2D eigenvalue weighted by molar-refractivity contribution is -0.138. The molecule has 0 heterocycles. The second kappa shape index (κ2) is 11.1. The van der Waals surface area contributed by atoms with E-state index in [0.717, 1.165) is 0 Å². The van der Waals surface area contributed by atoms with Crippen LogP contribution in [0.1, 0.15) is 34.1 Å². The van der Waals surface area contributed by atoms with Crippen LogP contribution in [0.15, 0.2) is 0 Å². The van der Waals surface area contributed by atoms with Gasteiger partial charge in [0.1, 0.15) is 18.6 Å². The van der Waals surface area contributed by atoms with Crippen LogP contribution in [0.3, 0.4) is 0 Å². The molecule has 4 amide bonds. The van der Waals surface area contributed by atoms with Crippen LogP contribution in [0, 0.1) is 5.92 Å². The predicted octanol–water partition coefficient (Wildman–Crippen LogP) is -1.30. The Balaban J connectivity index is 4.75. The van der Waals surface area contributed by atoms with E-state index in [4.69, 9.17) is 5.11 Å². The molecule has 0 aliphatic rings. The summed E-state index contributed by atoms with van der Waals surface area (Å²) in [6.07, 6.45) is 0.310. The van der Waals surface area contributed by atoms with Gasteiger partial charge in [0.25, 0.3) is 0 Å². The molecule has 0 aliphatic heterocycles. The van der Waals surface area contributed by atoms with Gasteiger partial charge in [0, 0.05) is 14.0 Å². The Bertz CT molecular complexity index is 549. The third kappa shape index (κ3) is 9.60. The zero-order valence-electron chi connectivity index (χ0n) is 15.8. The fraction of sp³-hybridized carbons (Fsp3) is 0.688. The number of carboxylic acid groups (broad SMARTS) is 1. The van der Waals surface area contributed by atoms with E-state index >= 15 is 0 Å². The lowest BCUT2D eigenvalue weighted by atomic mass is 10.0. The Kier molecular flexibility index (Phi) is 9.93. The normalized spacial score (nSPS) is 12.7. The van der Waals surface area contributed by atoms with Crippen molar-refractivity contribution in [3.8, 4) is 0 Å². The van der Waals surface area contributed by atoms with E-state index in [9.17, 15) is 24.0 Å². The van der Waals surface area contributed by atoms with Gasteiger partial charge in [-0.1, -0.05) is 13.8 Å². The summed E-state index contributed by atoms with van der Waals surface area (Å²) < 4.78 is 0. The molecular formula is C16H28N4O6. The summed E-state index contributed by atoms with van der Waals surface area (Å²) in [5.41, 5.74) is 0. The first kappa shape index (κ1) is 23.4. The van der Waals surface area contributed by atoms with Gasteiger partial charge >= 0.3 is 5.97 Å². The van der Waals surface area contributed by atoms with Gasteiger partial charge in [-0.3, -0.25) is 24.0 Å². The zero-order valence-corrected chi connectivity index (χ0v) is 15.8. The van der Waals surface area contributed by atoms with E-state index < -0.39 is 42.3 Å². The molecular weight excluding hydrogens is 344 g/mol. The van der Waals surface area contributed by atoms with Crippen LogP contribution in [-0.4, -0.2) is 71.8 Å². The SMILES string of the molecule is CC(=O)N(C)CC(=O)N[C@@H](C)C(=O)N[C@@H](CC(C)C)C(=O)NCC(=O)O. The summed E-state index contributed by atoms with van der Waals surface area (Å²) in [6.45, 7) is 5.73. The summed E-state index contributed by atoms with van der Waals surface area (Å²) in [5.74, 6) is -3.11. The largest absolute Gasteiger partial charge is 0.480 e. The average molecular weight is 372 g/mol. The molecule has 0 saturated carbocycles. The van der Waals surface area contributed by atoms with Crippen LogP contribution in [-0.2, 0) is 24.0 Å². The van der Waals surface area contributed by atoms with Crippen molar-refractivity contribution in [2.24, 2.45) is 5.92 Å². The molecule has 0 aromatic carbocycles. The Morgan fingerprint density at radius 1 is 1.00 bits per heavy atom. The quantitative estimate of drug-likeness (QED) is 0.375. The molecule has 148 valence electrons. The van der Waals surface area contributed by atoms with E-state index in [1.807, 2.05) is 13.8 Å². The summed E-state index contributed by atoms with van der Waals surface area (Å²) in [6, 6.07) is -1.84. The summed E-state index contributed by atoms with van der Waals surface area (Å²) in [7, 11) is 1.46. The van der Waals surface area contributed by atoms with E-state index in [2.05, 4.69) is 16.0 Å². The molecule has 0 aromatic heterocycles. The van der Waals surface area contributed by atoms with Gasteiger partial charge in [0.2, 0.25) is 23.6 Å². The summed E-state index contributed by atoms with van der Waals surface area (Å²) >= 11 is 0. The van der Waals surface area contributed by atoms with Crippen molar-refractivity contribution in [1.82, 2.24) is 20.9 Å². The highest BCUT2D eigenvalue weighted by Gasteiger charge is 2.25. The number of hydrogen-bond donors (Lipinski definition) is 4. The van der Waals surface area contributed by atoms with Crippen LogP contribution >= 0.6 is 0 Å². The first-order chi connectivity index (χ1) is 11.9. The van der Waals surface area contributed by atoms with E-state index in [1.165, 1.54) is 25.8 Å². The van der Waals surface area contributed by atoms with Crippen LogP contribution in [0.5, 0.6) is 0 Å². The van der Waals surface area contributed by atoms with Crippen LogP contribution in [0.4, 0.5) is 0 Å². The molecule has 10 nitrogen and oxygen atoms in total. The fourth-order valence-electron chi connectivity index (χ4n) is 1.96. The minimum atomic E-state index is -1.19. The fourth-order valence-corrected chi connectivity index (χ4v) is 1.96. The van der Waals surface area contributed by atoms with Gasteiger partial charge in [-0.15, -0.1) is 0 Å². The number of hydrogen-bond acceptors (Lipinski definition) is 5. The maximum absolute atomic E-state index is 12.2. The highest BCUT2D eigenvalue weighted by atomic mass is 16.4. The second-order valence-electron chi connectivity index (χ2n) is 6.47. The van der Waals surface area contributed by atoms with Gasteiger partial charge in [-0.2, -0.15) is 0 Å². The first-order valence-electron chi connectivity index (χ1n) is 8.25. The van der Waals surface area contributed by atoms with E-state index in [-0.39, 0.29) is 18.4 Å². The molecule has 0 saturated heterocycles. The number of carbonyl (C=O) groups excluding carboxylic acids is 4. The molecule has 0 rings (SSSR count). The lowest BCUT2D eigenvalue weighted by Gasteiger charge is -2.23. The van der Waals surface area contributed by atoms with Crippen molar-refractivity contribution in [2.75, 3.05) is 20.1 Å². The summed E-state index contributed by atoms with van der Waals surface area (Å²) in [5, 5.41) is 15.8. The number of nitrogens with one attached hydrogen (secondary N) is 3. The van der Waals surface area contributed by atoms with Crippen molar-refractivity contribution < 1.29 is 29.1 Å². The highest BCUT2D eigenvalue weighted by Crippen LogP contribution is 2.05. The molecule has 0 fully saturated rings. The van der Waals surface area contributed by atoms with Gasteiger partial charge in [0.05, 0.1) is 6.54 Å². The van der Waals surface area contributed by atoms with Crippen molar-refractivity contribution in [2.45, 2.75) is 46.2 Å². The maximum Gasteiger partial charge on any atom is 0.322 e. The van der Waals surface area contributed by atoms with Gasteiger partial charge < -0.3 is 26.0 Å². The summed E-state index contributed by atoms with van der Waals surface area (Å²) in [4.78, 5) is 59.0. The molecule has 0 bridgehead atoms. The minimum absolute atomic E-state index is 0.0741. The third-order valence-electron chi connectivity index (χ3n) is 3.44. The average Bonchev–Trinajstić information content (AvgIpc) is 2.50. The van der Waals surface area contributed by atoms with E-state index in [0.29, 0.717) is 6.42 Å². The van der Waals surface area contributed by atoms with Gasteiger partial charge in [-0.25, -0.2) is 0 Å². The van der Waals surface area contributed by atoms with Crippen molar-refractivity contribution in [1.29, 1.82) is 0 Å². The number of aliphatic carboxylic acids is 1. The Labute approximate surface area is 152 Å². The number of rotatable bonds is 10. The highest BCUT2D eigenvalue weighted by molar-refractivity contribution is 5.93. The van der Waals surface area contributed by atoms with Crippen LogP contribution < -0.4 is 16.0 Å². The molecule has 10 heteroatoms. The Morgan fingerprint density at radius 3 is 2.04 bits per heavy atom. The van der Waals surface area contributed by atoms with Crippen LogP contribution in [0.25, 0.3) is 0 Å². The Morgan fingerprint density at radius 2 is 1.58 bits per heavy atom. The third-order valence-corrected chi connectivity index (χ3v) is 3.44. The number of likely N-dealkylation sites (N-methyl/N-ethyl adjacent to an activating group) is 1. The van der Waals surface area contributed by atoms with Gasteiger partial charge in [0.15, 0.2) is 0 Å². The molecule has 26 heavy (non-hydrogen) atoms. The standard InChI is InChI=1S/C16H28N4O6/c1-9(2)6-12(16(26)17-7-14(23)24)19-15(25)10(3)18-13(22)8-20(5)11(4)21/h9-10,12H,6-8H2,1-5H3,(H,17,26)(H,18,22)(H,19,25)(H,23,24)/t10-,12-/m0/s1. The van der Waals surface area contributed by atoms with Crippen molar-refractivity contribution >= 4 is 29.6 Å². The smallest absolute Gasteiger partial charge is 0.322 e. The molecule has 0 spiro atoms. The molecule has 2 atom stereocenters. The first-order valence-corrected chi connectivity index (χ1v) is 8.25. The number of carbonyl (C=O) groups is 5. The van der Waals surface area contributed by atoms with Gasteiger partial charge in [-0.05, 0) is 19.3 Å². The molecule has 0 unspecified atom stereocenters. The van der Waals surface area contributed by atoms with Crippen molar-refractivity contribution in [3.05, 3.63) is 0 Å². The maximum atomic E-state index is 12.2. The number of nitrogens with zero attached hydrogens (tertiary/aromatic N) is 1. The zero-order chi connectivity index (χ0) is 20.4.